The molecule has 0 spiro atoms. The van der Waals surface area contributed by atoms with Crippen molar-refractivity contribution < 1.29 is 23.0 Å². The highest BCUT2D eigenvalue weighted by molar-refractivity contribution is 6.03. The van der Waals surface area contributed by atoms with E-state index in [9.17, 15) is 9.50 Å². The smallest absolute Gasteiger partial charge is 0.319 e. The van der Waals surface area contributed by atoms with Crippen LogP contribution in [-0.4, -0.2) is 70.9 Å². The van der Waals surface area contributed by atoms with Gasteiger partial charge in [-0.2, -0.15) is 9.97 Å². The minimum Gasteiger partial charge on any atom is -0.508 e. The van der Waals surface area contributed by atoms with E-state index in [4.69, 9.17) is 9.72 Å². The predicted molar refractivity (Wildman–Crippen MR) is 166 cm³/mol. The van der Waals surface area contributed by atoms with Crippen LogP contribution in [0, 0.1) is 17.5 Å². The van der Waals surface area contributed by atoms with Crippen LogP contribution in [0.25, 0.3) is 32.8 Å². The maximum Gasteiger partial charge on any atom is 0.319 e. The molecular formula is C34H36F3N5O2. The van der Waals surface area contributed by atoms with E-state index < -0.39 is 17.5 Å². The predicted octanol–water partition coefficient (Wildman–Crippen LogP) is 6.11. The minimum absolute atomic E-state index is 0.0290. The average molecular weight is 604 g/mol. The number of anilines is 1. The molecule has 4 heterocycles. The molecule has 3 aliphatic rings. The molecule has 230 valence electrons. The first-order valence-electron chi connectivity index (χ1n) is 15.5. The Labute approximate surface area is 254 Å². The van der Waals surface area contributed by atoms with Crippen LogP contribution in [0.3, 0.4) is 0 Å². The second-order valence-corrected chi connectivity index (χ2v) is 12.2. The summed E-state index contributed by atoms with van der Waals surface area (Å²) in [4.78, 5) is 13.6. The van der Waals surface area contributed by atoms with Crippen LogP contribution in [0.4, 0.5) is 19.0 Å². The lowest BCUT2D eigenvalue weighted by molar-refractivity contribution is 0.176. The summed E-state index contributed by atoms with van der Waals surface area (Å²) in [5, 5.41) is 15.2. The number of phenolic OH excluding ortho intramolecular Hbond substituents is 1. The van der Waals surface area contributed by atoms with Gasteiger partial charge in [-0.05, 0) is 84.8 Å². The van der Waals surface area contributed by atoms with Crippen molar-refractivity contribution in [3.05, 3.63) is 66.0 Å². The maximum atomic E-state index is 16.8. The summed E-state index contributed by atoms with van der Waals surface area (Å²) in [6, 6.07) is 7.55. The van der Waals surface area contributed by atoms with E-state index in [0.717, 1.165) is 38.8 Å². The van der Waals surface area contributed by atoms with Crippen molar-refractivity contribution in [3.8, 4) is 22.9 Å². The Morgan fingerprint density at radius 2 is 1.86 bits per heavy atom. The molecule has 3 fully saturated rings. The number of benzene rings is 3. The first kappa shape index (κ1) is 28.9. The van der Waals surface area contributed by atoms with Gasteiger partial charge in [-0.1, -0.05) is 19.1 Å². The molecule has 2 N–H and O–H groups in total. The number of phenols is 1. The molecule has 3 atom stereocenters. The third-order valence-corrected chi connectivity index (χ3v) is 9.40. The normalized spacial score (nSPS) is 21.9. The second-order valence-electron chi connectivity index (χ2n) is 12.2. The van der Waals surface area contributed by atoms with Gasteiger partial charge in [0, 0.05) is 43.1 Å². The Morgan fingerprint density at radius 1 is 1.07 bits per heavy atom. The number of hydrogen-bond donors (Lipinski definition) is 2. The van der Waals surface area contributed by atoms with Crippen LogP contribution in [0.5, 0.6) is 11.8 Å². The monoisotopic (exact) mass is 603 g/mol. The Morgan fingerprint density at radius 3 is 2.61 bits per heavy atom. The summed E-state index contributed by atoms with van der Waals surface area (Å²) in [5.41, 5.74) is -0.0573. The summed E-state index contributed by atoms with van der Waals surface area (Å²) in [7, 11) is 0. The fraction of sp³-hybridized carbons (Fsp3) is 0.412. The molecule has 3 aromatic carbocycles. The molecule has 3 aliphatic heterocycles. The van der Waals surface area contributed by atoms with Gasteiger partial charge >= 0.3 is 6.01 Å². The SMILES string of the molecule is C=CCN1CCCC1COc1nc(N2CC3CCC(C2)N3)c2cc(F)c(-c3cc(O)cc4ccc(F)c(CC)c34)c(F)c2n1. The van der Waals surface area contributed by atoms with Crippen molar-refractivity contribution in [3.63, 3.8) is 0 Å². The fourth-order valence-corrected chi connectivity index (χ4v) is 7.39. The number of nitrogens with zero attached hydrogens (tertiary/aromatic N) is 4. The van der Waals surface area contributed by atoms with Crippen LogP contribution in [0.1, 0.15) is 38.2 Å². The number of likely N-dealkylation sites (tertiary alicyclic amines) is 1. The third-order valence-electron chi connectivity index (χ3n) is 9.40. The molecule has 10 heteroatoms. The Balaban J connectivity index is 1.39. The van der Waals surface area contributed by atoms with Crippen molar-refractivity contribution in [1.82, 2.24) is 20.2 Å². The summed E-state index contributed by atoms with van der Waals surface area (Å²) in [6.45, 7) is 8.97. The number of aryl methyl sites for hydroxylation is 1. The molecule has 7 nitrogen and oxygen atoms in total. The zero-order valence-corrected chi connectivity index (χ0v) is 24.8. The van der Waals surface area contributed by atoms with Crippen molar-refractivity contribution >= 4 is 27.5 Å². The first-order chi connectivity index (χ1) is 21.3. The number of nitrogens with one attached hydrogen (secondary N) is 1. The van der Waals surface area contributed by atoms with Crippen LogP contribution >= 0.6 is 0 Å². The molecule has 0 saturated carbocycles. The zero-order chi connectivity index (χ0) is 30.5. The average Bonchev–Trinajstić information content (AvgIpc) is 3.60. The number of rotatable bonds is 8. The van der Waals surface area contributed by atoms with E-state index in [1.165, 1.54) is 30.3 Å². The number of aromatic nitrogens is 2. The largest absolute Gasteiger partial charge is 0.508 e. The maximum absolute atomic E-state index is 16.8. The van der Waals surface area contributed by atoms with Crippen LogP contribution < -0.4 is 15.0 Å². The van der Waals surface area contributed by atoms with E-state index in [2.05, 4.69) is 26.7 Å². The molecule has 44 heavy (non-hydrogen) atoms. The molecule has 0 aliphatic carbocycles. The van der Waals surface area contributed by atoms with E-state index in [1.54, 1.807) is 6.92 Å². The van der Waals surface area contributed by atoms with Gasteiger partial charge in [0.2, 0.25) is 0 Å². The molecule has 7 rings (SSSR count). The molecule has 0 radical (unpaired) electrons. The topological polar surface area (TPSA) is 73.8 Å². The van der Waals surface area contributed by atoms with Crippen molar-refractivity contribution in [2.45, 2.75) is 57.2 Å². The van der Waals surface area contributed by atoms with Gasteiger partial charge in [0.1, 0.15) is 35.3 Å². The number of halogens is 3. The van der Waals surface area contributed by atoms with Gasteiger partial charge in [0.15, 0.2) is 5.82 Å². The number of piperazine rings is 1. The van der Waals surface area contributed by atoms with E-state index >= 15 is 8.78 Å². The molecule has 2 bridgehead atoms. The molecule has 3 saturated heterocycles. The van der Waals surface area contributed by atoms with Gasteiger partial charge in [0.05, 0.1) is 5.56 Å². The van der Waals surface area contributed by atoms with Crippen LogP contribution in [0.2, 0.25) is 0 Å². The second kappa shape index (κ2) is 11.6. The lowest BCUT2D eigenvalue weighted by Crippen LogP contribution is -2.51. The highest BCUT2D eigenvalue weighted by atomic mass is 19.1. The zero-order valence-electron chi connectivity index (χ0n) is 24.8. The third kappa shape index (κ3) is 5.03. The van der Waals surface area contributed by atoms with Crippen molar-refractivity contribution in [2.24, 2.45) is 0 Å². The summed E-state index contributed by atoms with van der Waals surface area (Å²) in [6.07, 6.45) is 6.24. The van der Waals surface area contributed by atoms with Gasteiger partial charge in [-0.25, -0.2) is 13.2 Å². The Kier molecular flexibility index (Phi) is 7.58. The van der Waals surface area contributed by atoms with Crippen LogP contribution in [-0.2, 0) is 6.42 Å². The Hall–Kier alpha value is -3.89. The summed E-state index contributed by atoms with van der Waals surface area (Å²) >= 11 is 0. The quantitative estimate of drug-likeness (QED) is 0.236. The van der Waals surface area contributed by atoms with E-state index in [1.807, 2.05) is 6.08 Å². The van der Waals surface area contributed by atoms with Gasteiger partial charge in [0.25, 0.3) is 0 Å². The van der Waals surface area contributed by atoms with E-state index in [-0.39, 0.29) is 51.9 Å². The standard InChI is InChI=1S/C34H36F3N5O2/c1-3-11-41-12-5-6-22(41)18-44-34-39-32-26(33(40-34)42-16-20-8-9-21(17-42)38-20)15-28(36)30(31(32)37)25-14-23(43)13-19-7-10-27(35)24(4-2)29(19)25/h3,7,10,13-15,20-22,38,43H,1,4-6,8-9,11-12,16-18H2,2H3. The first-order valence-corrected chi connectivity index (χ1v) is 15.5. The van der Waals surface area contributed by atoms with Crippen LogP contribution in [0.15, 0.2) is 43.0 Å². The van der Waals surface area contributed by atoms with Crippen molar-refractivity contribution in [2.75, 3.05) is 37.7 Å². The fourth-order valence-electron chi connectivity index (χ4n) is 7.39. The number of aromatic hydroxyl groups is 1. The minimum atomic E-state index is -0.904. The molecule has 4 aromatic rings. The number of ether oxygens (including phenoxy) is 1. The molecule has 0 amide bonds. The lowest BCUT2D eigenvalue weighted by atomic mass is 9.91. The molecular weight excluding hydrogens is 567 g/mol. The van der Waals surface area contributed by atoms with Crippen molar-refractivity contribution in [1.29, 1.82) is 0 Å². The molecule has 1 aromatic heterocycles. The number of hydrogen-bond acceptors (Lipinski definition) is 7. The van der Waals surface area contributed by atoms with Gasteiger partial charge in [-0.3, -0.25) is 4.90 Å². The Bertz CT molecular complexity index is 1750. The summed E-state index contributed by atoms with van der Waals surface area (Å²) < 4.78 is 54.1. The van der Waals surface area contributed by atoms with E-state index in [0.29, 0.717) is 48.3 Å². The number of fused-ring (bicyclic) bond motifs is 4. The highest BCUT2D eigenvalue weighted by Gasteiger charge is 2.35. The summed E-state index contributed by atoms with van der Waals surface area (Å²) in [5.74, 6) is -1.96. The molecule has 3 unspecified atom stereocenters. The van der Waals surface area contributed by atoms with Gasteiger partial charge < -0.3 is 20.1 Å². The lowest BCUT2D eigenvalue weighted by Gasteiger charge is -2.34. The van der Waals surface area contributed by atoms with Gasteiger partial charge in [-0.15, -0.1) is 6.58 Å². The highest BCUT2D eigenvalue weighted by Crippen LogP contribution is 2.42.